The van der Waals surface area contributed by atoms with Crippen LogP contribution in [0.5, 0.6) is 0 Å². The first-order valence-electron chi connectivity index (χ1n) is 8.87. The summed E-state index contributed by atoms with van der Waals surface area (Å²) < 4.78 is 0. The highest BCUT2D eigenvalue weighted by molar-refractivity contribution is 5.90. The minimum Gasteiger partial charge on any atom is -0.348 e. The zero-order valence-electron chi connectivity index (χ0n) is 15.1. The highest BCUT2D eigenvalue weighted by Crippen LogP contribution is 2.40. The Kier molecular flexibility index (Phi) is 3.80. The van der Waals surface area contributed by atoms with Crippen molar-refractivity contribution in [3.05, 3.63) is 47.0 Å². The van der Waals surface area contributed by atoms with E-state index in [4.69, 9.17) is 0 Å². The maximum atomic E-state index is 12.8. The molecule has 0 unspecified atom stereocenters. The molecule has 0 aliphatic carbocycles. The first-order chi connectivity index (χ1) is 12.0. The number of fused-ring (bicyclic) bond motifs is 2. The van der Waals surface area contributed by atoms with Crippen LogP contribution in [0.15, 0.2) is 24.5 Å². The first-order valence-corrected chi connectivity index (χ1v) is 8.87. The summed E-state index contributed by atoms with van der Waals surface area (Å²) in [4.78, 5) is 24.9. The Balaban J connectivity index is 1.54. The van der Waals surface area contributed by atoms with E-state index in [1.165, 1.54) is 11.3 Å². The molecule has 6 heteroatoms. The van der Waals surface area contributed by atoms with Crippen molar-refractivity contribution >= 4 is 11.7 Å². The number of aromatic amines is 1. The number of likely N-dealkylation sites (tertiary alicyclic amines) is 1. The lowest BCUT2D eigenvalue weighted by Gasteiger charge is -2.41. The fourth-order valence-corrected chi connectivity index (χ4v) is 4.21. The molecule has 4 rings (SSSR count). The van der Waals surface area contributed by atoms with Crippen LogP contribution >= 0.6 is 0 Å². The normalized spacial score (nSPS) is 23.1. The van der Waals surface area contributed by atoms with Crippen LogP contribution in [-0.4, -0.2) is 52.5 Å². The molecule has 2 aromatic rings. The largest absolute Gasteiger partial charge is 0.348 e. The van der Waals surface area contributed by atoms with Crippen molar-refractivity contribution in [1.82, 2.24) is 19.8 Å². The molecule has 132 valence electrons. The number of rotatable bonds is 1. The second kappa shape index (κ2) is 5.88. The minimum atomic E-state index is -0.159. The lowest BCUT2D eigenvalue weighted by atomic mass is 9.87. The van der Waals surface area contributed by atoms with E-state index in [1.54, 1.807) is 6.33 Å². The summed E-state index contributed by atoms with van der Waals surface area (Å²) in [6.45, 7) is 6.50. The van der Waals surface area contributed by atoms with Gasteiger partial charge in [0.2, 0.25) is 0 Å². The number of hydrogen-bond donors (Lipinski definition) is 2. The Morgan fingerprint density at radius 1 is 1.32 bits per heavy atom. The molecule has 2 amide bonds. The van der Waals surface area contributed by atoms with Gasteiger partial charge in [-0.25, -0.2) is 9.78 Å². The molecule has 1 aromatic carbocycles. The SMILES string of the molecule is Cc1ccc(NC(=O)N2CC[C@]3(C2)c2nc[nH]c2CCN3C)c(C)c1. The summed E-state index contributed by atoms with van der Waals surface area (Å²) in [6, 6.07) is 6.07. The Bertz CT molecular complexity index is 814. The molecule has 2 aliphatic rings. The fourth-order valence-electron chi connectivity index (χ4n) is 4.21. The number of hydrogen-bond acceptors (Lipinski definition) is 3. The number of H-pyrrole nitrogens is 1. The zero-order chi connectivity index (χ0) is 17.6. The number of benzene rings is 1. The van der Waals surface area contributed by atoms with Crippen LogP contribution in [-0.2, 0) is 12.0 Å². The molecule has 2 aliphatic heterocycles. The van der Waals surface area contributed by atoms with Gasteiger partial charge in [-0.1, -0.05) is 17.7 Å². The van der Waals surface area contributed by atoms with Crippen LogP contribution in [0.25, 0.3) is 0 Å². The Morgan fingerprint density at radius 2 is 2.16 bits per heavy atom. The molecular weight excluding hydrogens is 314 g/mol. The van der Waals surface area contributed by atoms with Crippen molar-refractivity contribution in [3.63, 3.8) is 0 Å². The second-order valence-electron chi connectivity index (χ2n) is 7.35. The highest BCUT2D eigenvalue weighted by atomic mass is 16.2. The predicted molar refractivity (Wildman–Crippen MR) is 97.7 cm³/mol. The molecule has 1 saturated heterocycles. The minimum absolute atomic E-state index is 0.0279. The van der Waals surface area contributed by atoms with Crippen molar-refractivity contribution in [1.29, 1.82) is 0 Å². The molecule has 6 nitrogen and oxygen atoms in total. The van der Waals surface area contributed by atoms with Gasteiger partial charge in [0.1, 0.15) is 0 Å². The van der Waals surface area contributed by atoms with Crippen molar-refractivity contribution in [2.75, 3.05) is 32.0 Å². The van der Waals surface area contributed by atoms with Crippen LogP contribution in [0, 0.1) is 13.8 Å². The third-order valence-electron chi connectivity index (χ3n) is 5.75. The lowest BCUT2D eigenvalue weighted by molar-refractivity contribution is 0.109. The number of imidazole rings is 1. The van der Waals surface area contributed by atoms with E-state index in [0.717, 1.165) is 42.9 Å². The molecule has 0 radical (unpaired) electrons. The van der Waals surface area contributed by atoms with Gasteiger partial charge in [-0.15, -0.1) is 0 Å². The number of nitrogens with one attached hydrogen (secondary N) is 2. The van der Waals surface area contributed by atoms with Crippen LogP contribution < -0.4 is 5.32 Å². The molecule has 2 N–H and O–H groups in total. The number of likely N-dealkylation sites (N-methyl/N-ethyl adjacent to an activating group) is 1. The van der Waals surface area contributed by atoms with E-state index >= 15 is 0 Å². The Labute approximate surface area is 148 Å². The van der Waals surface area contributed by atoms with Crippen molar-refractivity contribution < 1.29 is 4.79 Å². The molecule has 1 atom stereocenters. The molecule has 25 heavy (non-hydrogen) atoms. The maximum Gasteiger partial charge on any atom is 0.321 e. The predicted octanol–water partition coefficient (Wildman–Crippen LogP) is 2.65. The number of carbonyl (C=O) groups excluding carboxylic acids is 1. The summed E-state index contributed by atoms with van der Waals surface area (Å²) in [7, 11) is 2.14. The van der Waals surface area contributed by atoms with Crippen molar-refractivity contribution in [2.24, 2.45) is 0 Å². The van der Waals surface area contributed by atoms with E-state index in [0.29, 0.717) is 6.54 Å². The molecule has 0 bridgehead atoms. The number of amides is 2. The van der Waals surface area contributed by atoms with Crippen LogP contribution in [0.1, 0.15) is 28.9 Å². The topological polar surface area (TPSA) is 64.3 Å². The van der Waals surface area contributed by atoms with E-state index in [-0.39, 0.29) is 11.6 Å². The van der Waals surface area contributed by atoms with E-state index in [1.807, 2.05) is 24.0 Å². The third kappa shape index (κ3) is 2.61. The Morgan fingerprint density at radius 3 is 2.96 bits per heavy atom. The average molecular weight is 339 g/mol. The summed E-state index contributed by atoms with van der Waals surface area (Å²) in [5.41, 5.74) is 5.34. The van der Waals surface area contributed by atoms with Gasteiger partial charge in [-0.2, -0.15) is 0 Å². The highest BCUT2D eigenvalue weighted by Gasteiger charge is 2.48. The van der Waals surface area contributed by atoms with Gasteiger partial charge in [0.05, 0.1) is 17.6 Å². The fraction of sp³-hybridized carbons (Fsp3) is 0.474. The smallest absolute Gasteiger partial charge is 0.321 e. The molecular formula is C19H25N5O. The standard InChI is InChI=1S/C19H25N5O/c1-13-4-5-15(14(2)10-13)22-18(25)24-9-7-19(11-24)17-16(20-12-21-17)6-8-23(19)3/h4-5,10,12H,6-9,11H2,1-3H3,(H,20,21)(H,22,25)/t19-/m0/s1. The number of anilines is 1. The summed E-state index contributed by atoms with van der Waals surface area (Å²) in [6.07, 6.45) is 3.69. The maximum absolute atomic E-state index is 12.8. The monoisotopic (exact) mass is 339 g/mol. The molecule has 1 aromatic heterocycles. The van der Waals surface area contributed by atoms with E-state index in [9.17, 15) is 4.79 Å². The quantitative estimate of drug-likeness (QED) is 0.839. The third-order valence-corrected chi connectivity index (χ3v) is 5.75. The number of nitrogens with zero attached hydrogens (tertiary/aromatic N) is 3. The van der Waals surface area contributed by atoms with Gasteiger partial charge in [0, 0.05) is 37.4 Å². The lowest BCUT2D eigenvalue weighted by Crippen LogP contribution is -2.51. The van der Waals surface area contributed by atoms with E-state index in [2.05, 4.69) is 40.2 Å². The summed E-state index contributed by atoms with van der Waals surface area (Å²) in [5.74, 6) is 0. The van der Waals surface area contributed by atoms with Crippen LogP contribution in [0.4, 0.5) is 10.5 Å². The van der Waals surface area contributed by atoms with Crippen molar-refractivity contribution in [3.8, 4) is 0 Å². The molecule has 3 heterocycles. The number of aromatic nitrogens is 2. The van der Waals surface area contributed by atoms with Gasteiger partial charge >= 0.3 is 6.03 Å². The van der Waals surface area contributed by atoms with Gasteiger partial charge in [0.25, 0.3) is 0 Å². The molecule has 0 saturated carbocycles. The average Bonchev–Trinajstić information content (AvgIpc) is 3.22. The van der Waals surface area contributed by atoms with Crippen LogP contribution in [0.3, 0.4) is 0 Å². The number of carbonyl (C=O) groups is 1. The second-order valence-corrected chi connectivity index (χ2v) is 7.35. The van der Waals surface area contributed by atoms with E-state index < -0.39 is 0 Å². The van der Waals surface area contributed by atoms with Gasteiger partial charge in [-0.05, 0) is 38.9 Å². The molecule has 1 fully saturated rings. The van der Waals surface area contributed by atoms with Crippen LogP contribution in [0.2, 0.25) is 0 Å². The first kappa shape index (κ1) is 16.1. The number of urea groups is 1. The Hall–Kier alpha value is -2.34. The van der Waals surface area contributed by atoms with Crippen molar-refractivity contribution in [2.45, 2.75) is 32.2 Å². The summed E-state index contributed by atoms with van der Waals surface area (Å²) in [5, 5.41) is 3.07. The van der Waals surface area contributed by atoms with Gasteiger partial charge in [0.15, 0.2) is 0 Å². The number of aryl methyl sites for hydroxylation is 2. The summed E-state index contributed by atoms with van der Waals surface area (Å²) >= 11 is 0. The zero-order valence-corrected chi connectivity index (χ0v) is 15.1. The van der Waals surface area contributed by atoms with Gasteiger partial charge < -0.3 is 15.2 Å². The molecule has 1 spiro atoms. The van der Waals surface area contributed by atoms with Gasteiger partial charge in [-0.3, -0.25) is 4.90 Å².